The Hall–Kier alpha value is -1.20. The number of hydrogen-bond donors (Lipinski definition) is 0. The molecule has 0 N–H and O–H groups in total. The van der Waals surface area contributed by atoms with E-state index in [0.717, 1.165) is 4.47 Å². The second-order valence-corrected chi connectivity index (χ2v) is 5.25. The Bertz CT molecular complexity index is 600. The largest absolute Gasteiger partial charge is 0.455 e. The van der Waals surface area contributed by atoms with Gasteiger partial charge in [0.1, 0.15) is 17.3 Å². The molecule has 0 amide bonds. The minimum absolute atomic E-state index is 0.361. The maximum Gasteiger partial charge on any atom is 0.153 e. The average Bonchev–Trinajstić information content (AvgIpc) is 2.34. The van der Waals surface area contributed by atoms with Gasteiger partial charge in [-0.25, -0.2) is 4.39 Å². The lowest BCUT2D eigenvalue weighted by molar-refractivity contribution is 0.112. The van der Waals surface area contributed by atoms with Crippen LogP contribution in [-0.4, -0.2) is 6.29 Å². The Kier molecular flexibility index (Phi) is 4.14. The molecule has 0 atom stereocenters. The molecule has 0 fully saturated rings. The van der Waals surface area contributed by atoms with E-state index in [4.69, 9.17) is 4.74 Å². The van der Waals surface area contributed by atoms with Crippen LogP contribution in [-0.2, 0) is 0 Å². The van der Waals surface area contributed by atoms with Crippen LogP contribution in [0, 0.1) is 5.82 Å². The van der Waals surface area contributed by atoms with Gasteiger partial charge in [0.25, 0.3) is 0 Å². The fourth-order valence-corrected chi connectivity index (χ4v) is 2.19. The van der Waals surface area contributed by atoms with Crippen LogP contribution in [0.25, 0.3) is 0 Å². The number of aldehydes is 1. The Morgan fingerprint density at radius 1 is 1.06 bits per heavy atom. The molecule has 0 spiro atoms. The second-order valence-electron chi connectivity index (χ2n) is 3.48. The molecule has 0 radical (unpaired) electrons. The van der Waals surface area contributed by atoms with Crippen molar-refractivity contribution in [2.45, 2.75) is 0 Å². The molecule has 2 aromatic rings. The smallest absolute Gasteiger partial charge is 0.153 e. The van der Waals surface area contributed by atoms with Crippen molar-refractivity contribution >= 4 is 38.1 Å². The monoisotopic (exact) mass is 372 g/mol. The zero-order valence-corrected chi connectivity index (χ0v) is 12.2. The van der Waals surface area contributed by atoms with E-state index in [2.05, 4.69) is 31.9 Å². The first-order chi connectivity index (χ1) is 8.60. The Balaban J connectivity index is 2.36. The fraction of sp³-hybridized carbons (Fsp3) is 0. The van der Waals surface area contributed by atoms with Crippen LogP contribution in [0.15, 0.2) is 45.3 Å². The van der Waals surface area contributed by atoms with Gasteiger partial charge >= 0.3 is 0 Å². The highest BCUT2D eigenvalue weighted by atomic mass is 79.9. The number of rotatable bonds is 3. The van der Waals surface area contributed by atoms with Crippen LogP contribution in [0.3, 0.4) is 0 Å². The van der Waals surface area contributed by atoms with Crippen LogP contribution in [0.1, 0.15) is 10.4 Å². The predicted molar refractivity (Wildman–Crippen MR) is 73.7 cm³/mol. The summed E-state index contributed by atoms with van der Waals surface area (Å²) in [6, 6.07) is 9.17. The maximum absolute atomic E-state index is 12.9. The number of hydrogen-bond acceptors (Lipinski definition) is 2. The molecule has 0 unspecified atom stereocenters. The lowest BCUT2D eigenvalue weighted by Crippen LogP contribution is -1.91. The third kappa shape index (κ3) is 2.97. The van der Waals surface area contributed by atoms with Crippen LogP contribution in [0.2, 0.25) is 0 Å². The first-order valence-corrected chi connectivity index (χ1v) is 6.56. The van der Waals surface area contributed by atoms with E-state index in [9.17, 15) is 9.18 Å². The molecule has 2 nitrogen and oxygen atoms in total. The van der Waals surface area contributed by atoms with Crippen molar-refractivity contribution in [1.82, 2.24) is 0 Å². The van der Waals surface area contributed by atoms with Gasteiger partial charge in [-0.15, -0.1) is 0 Å². The van der Waals surface area contributed by atoms with Gasteiger partial charge in [0, 0.05) is 4.47 Å². The van der Waals surface area contributed by atoms with E-state index in [1.807, 2.05) is 0 Å². The Labute approximate surface area is 120 Å². The van der Waals surface area contributed by atoms with Crippen molar-refractivity contribution in [3.8, 4) is 11.5 Å². The van der Waals surface area contributed by atoms with Crippen LogP contribution in [0.4, 0.5) is 4.39 Å². The van der Waals surface area contributed by atoms with Crippen molar-refractivity contribution in [1.29, 1.82) is 0 Å². The summed E-state index contributed by atoms with van der Waals surface area (Å²) >= 11 is 6.48. The minimum Gasteiger partial charge on any atom is -0.455 e. The molecule has 0 aliphatic rings. The molecular weight excluding hydrogens is 367 g/mol. The molecular formula is C13H7Br2FO2. The number of carbonyl (C=O) groups excluding carboxylic acids is 1. The summed E-state index contributed by atoms with van der Waals surface area (Å²) in [5, 5.41) is 0. The standard InChI is InChI=1S/C13H7Br2FO2/c14-9-1-3-12(8(5-9)7-17)18-13-4-2-10(16)6-11(13)15/h1-7H. The summed E-state index contributed by atoms with van der Waals surface area (Å²) in [5.74, 6) is 0.503. The number of ether oxygens (including phenoxy) is 1. The zero-order valence-electron chi connectivity index (χ0n) is 8.99. The summed E-state index contributed by atoms with van der Waals surface area (Å²) in [4.78, 5) is 10.9. The van der Waals surface area contributed by atoms with E-state index in [1.165, 1.54) is 18.2 Å². The minimum atomic E-state index is -0.361. The summed E-state index contributed by atoms with van der Waals surface area (Å²) in [7, 11) is 0. The van der Waals surface area contributed by atoms with Gasteiger partial charge in [0.15, 0.2) is 6.29 Å². The fourth-order valence-electron chi connectivity index (χ4n) is 1.38. The van der Waals surface area contributed by atoms with E-state index in [1.54, 1.807) is 18.2 Å². The van der Waals surface area contributed by atoms with E-state index in [0.29, 0.717) is 27.8 Å². The van der Waals surface area contributed by atoms with Gasteiger partial charge in [-0.05, 0) is 52.3 Å². The molecule has 0 aromatic heterocycles. The number of carbonyl (C=O) groups is 1. The topological polar surface area (TPSA) is 26.3 Å². The van der Waals surface area contributed by atoms with Gasteiger partial charge in [-0.3, -0.25) is 4.79 Å². The SMILES string of the molecule is O=Cc1cc(Br)ccc1Oc1ccc(F)cc1Br. The second kappa shape index (κ2) is 5.63. The highest BCUT2D eigenvalue weighted by molar-refractivity contribution is 9.10. The molecule has 18 heavy (non-hydrogen) atoms. The van der Waals surface area contributed by atoms with Gasteiger partial charge in [0.05, 0.1) is 10.0 Å². The third-order valence-corrected chi connectivity index (χ3v) is 3.33. The van der Waals surface area contributed by atoms with E-state index >= 15 is 0 Å². The number of benzene rings is 2. The lowest BCUT2D eigenvalue weighted by Gasteiger charge is -2.09. The molecule has 2 aromatic carbocycles. The molecule has 92 valence electrons. The molecule has 0 bridgehead atoms. The van der Waals surface area contributed by atoms with Gasteiger partial charge in [-0.2, -0.15) is 0 Å². The van der Waals surface area contributed by atoms with Gasteiger partial charge in [0.2, 0.25) is 0 Å². The molecule has 0 heterocycles. The Morgan fingerprint density at radius 2 is 1.78 bits per heavy atom. The van der Waals surface area contributed by atoms with Crippen LogP contribution >= 0.6 is 31.9 Å². The van der Waals surface area contributed by atoms with Crippen LogP contribution in [0.5, 0.6) is 11.5 Å². The maximum atomic E-state index is 12.9. The molecule has 2 rings (SSSR count). The van der Waals surface area contributed by atoms with Crippen molar-refractivity contribution in [3.05, 3.63) is 56.7 Å². The first kappa shape index (κ1) is 13.2. The third-order valence-electron chi connectivity index (χ3n) is 2.21. The molecule has 0 saturated carbocycles. The quantitative estimate of drug-likeness (QED) is 0.711. The molecule has 0 saturated heterocycles. The summed E-state index contributed by atoms with van der Waals surface area (Å²) < 4.78 is 19.8. The van der Waals surface area contributed by atoms with E-state index in [-0.39, 0.29) is 5.82 Å². The predicted octanol–water partition coefficient (Wildman–Crippen LogP) is 4.96. The molecule has 0 aliphatic carbocycles. The van der Waals surface area contributed by atoms with Crippen molar-refractivity contribution in [2.75, 3.05) is 0 Å². The van der Waals surface area contributed by atoms with Crippen molar-refractivity contribution < 1.29 is 13.9 Å². The zero-order chi connectivity index (χ0) is 13.1. The average molecular weight is 374 g/mol. The van der Waals surface area contributed by atoms with Gasteiger partial charge < -0.3 is 4.74 Å². The Morgan fingerprint density at radius 3 is 2.44 bits per heavy atom. The summed E-state index contributed by atoms with van der Waals surface area (Å²) in [5.41, 5.74) is 0.417. The van der Waals surface area contributed by atoms with Crippen LogP contribution < -0.4 is 4.74 Å². The highest BCUT2D eigenvalue weighted by Gasteiger charge is 2.08. The summed E-state index contributed by atoms with van der Waals surface area (Å²) in [6.45, 7) is 0. The van der Waals surface area contributed by atoms with Crippen molar-refractivity contribution in [3.63, 3.8) is 0 Å². The number of halogens is 3. The molecule has 5 heteroatoms. The highest BCUT2D eigenvalue weighted by Crippen LogP contribution is 2.32. The lowest BCUT2D eigenvalue weighted by atomic mass is 10.2. The van der Waals surface area contributed by atoms with E-state index < -0.39 is 0 Å². The van der Waals surface area contributed by atoms with Crippen molar-refractivity contribution in [2.24, 2.45) is 0 Å². The normalized spacial score (nSPS) is 10.2. The van der Waals surface area contributed by atoms with Gasteiger partial charge in [-0.1, -0.05) is 15.9 Å². The first-order valence-electron chi connectivity index (χ1n) is 4.98. The molecule has 0 aliphatic heterocycles. The summed E-state index contributed by atoms with van der Waals surface area (Å²) in [6.07, 6.45) is 0.706.